The van der Waals surface area contributed by atoms with Gasteiger partial charge in [0.2, 0.25) is 5.95 Å². The quantitative estimate of drug-likeness (QED) is 0.846. The number of aryl methyl sites for hydroxylation is 1. The van der Waals surface area contributed by atoms with Crippen LogP contribution < -0.4 is 5.32 Å². The van der Waals surface area contributed by atoms with Crippen LogP contribution in [0.25, 0.3) is 0 Å². The molecule has 0 atom stereocenters. The van der Waals surface area contributed by atoms with Crippen LogP contribution in [0.15, 0.2) is 6.07 Å². The fraction of sp³-hybridized carbons (Fsp3) is 0.615. The topological polar surface area (TPSA) is 81.8 Å². The summed E-state index contributed by atoms with van der Waals surface area (Å²) >= 11 is 0. The summed E-state index contributed by atoms with van der Waals surface area (Å²) in [4.78, 5) is 8.50. The second-order valence-electron chi connectivity index (χ2n) is 4.92. The van der Waals surface area contributed by atoms with Crippen LogP contribution in [0.2, 0.25) is 0 Å². The molecule has 1 aromatic rings. The zero-order valence-electron chi connectivity index (χ0n) is 10.6. The largest absolute Gasteiger partial charge is 0.396 e. The van der Waals surface area contributed by atoms with Crippen LogP contribution in [-0.2, 0) is 0 Å². The van der Waals surface area contributed by atoms with Gasteiger partial charge < -0.3 is 10.4 Å². The maximum absolute atomic E-state index is 9.19. The Labute approximate surface area is 107 Å². The average Bonchev–Trinajstić information content (AvgIpc) is 2.77. The summed E-state index contributed by atoms with van der Waals surface area (Å²) in [6, 6.07) is 3.70. The molecule has 1 fully saturated rings. The average molecular weight is 246 g/mol. The number of hydrogen-bond acceptors (Lipinski definition) is 5. The Morgan fingerprint density at radius 1 is 1.44 bits per heavy atom. The van der Waals surface area contributed by atoms with E-state index in [1.807, 2.05) is 13.0 Å². The fourth-order valence-corrected chi connectivity index (χ4v) is 2.62. The summed E-state index contributed by atoms with van der Waals surface area (Å²) in [5, 5.41) is 21.4. The van der Waals surface area contributed by atoms with Crippen LogP contribution >= 0.6 is 0 Å². The molecule has 0 aromatic carbocycles. The molecule has 1 saturated carbocycles. The minimum absolute atomic E-state index is 0.102. The summed E-state index contributed by atoms with van der Waals surface area (Å²) in [5.41, 5.74) is 1.05. The number of hydrogen-bond donors (Lipinski definition) is 2. The van der Waals surface area contributed by atoms with Crippen molar-refractivity contribution in [2.45, 2.75) is 44.6 Å². The van der Waals surface area contributed by atoms with Crippen molar-refractivity contribution in [2.75, 3.05) is 11.9 Å². The molecule has 0 amide bonds. The van der Waals surface area contributed by atoms with E-state index in [9.17, 15) is 5.11 Å². The SMILES string of the molecule is Cc1cc(C#N)nc(NC2(CCO)CCCC2)n1. The van der Waals surface area contributed by atoms with Gasteiger partial charge in [-0.25, -0.2) is 9.97 Å². The molecule has 5 nitrogen and oxygen atoms in total. The molecule has 96 valence electrons. The minimum atomic E-state index is -0.102. The minimum Gasteiger partial charge on any atom is -0.396 e. The van der Waals surface area contributed by atoms with Crippen molar-refractivity contribution >= 4 is 5.95 Å². The molecule has 5 heteroatoms. The smallest absolute Gasteiger partial charge is 0.224 e. The lowest BCUT2D eigenvalue weighted by Crippen LogP contribution is -2.37. The summed E-state index contributed by atoms with van der Waals surface area (Å²) in [5.74, 6) is 0.502. The maximum atomic E-state index is 9.19. The summed E-state index contributed by atoms with van der Waals surface area (Å²) < 4.78 is 0. The molecule has 2 N–H and O–H groups in total. The van der Waals surface area contributed by atoms with Crippen molar-refractivity contribution in [2.24, 2.45) is 0 Å². The van der Waals surface area contributed by atoms with Gasteiger partial charge in [-0.1, -0.05) is 12.8 Å². The molecule has 0 saturated heterocycles. The number of aliphatic hydroxyl groups is 1. The number of rotatable bonds is 4. The zero-order valence-corrected chi connectivity index (χ0v) is 10.6. The Morgan fingerprint density at radius 3 is 2.78 bits per heavy atom. The first-order valence-corrected chi connectivity index (χ1v) is 6.32. The van der Waals surface area contributed by atoms with Gasteiger partial charge >= 0.3 is 0 Å². The van der Waals surface area contributed by atoms with E-state index in [2.05, 4.69) is 15.3 Å². The second kappa shape index (κ2) is 5.32. The first-order valence-electron chi connectivity index (χ1n) is 6.32. The zero-order chi connectivity index (χ0) is 13.0. The van der Waals surface area contributed by atoms with E-state index in [-0.39, 0.29) is 12.1 Å². The summed E-state index contributed by atoms with van der Waals surface area (Å²) in [6.07, 6.45) is 5.06. The van der Waals surface area contributed by atoms with Gasteiger partial charge in [0.1, 0.15) is 11.8 Å². The Kier molecular flexibility index (Phi) is 3.78. The number of nitriles is 1. The third-order valence-corrected chi connectivity index (χ3v) is 3.50. The van der Waals surface area contributed by atoms with E-state index in [0.717, 1.165) is 31.4 Å². The van der Waals surface area contributed by atoms with Crippen LogP contribution in [0.4, 0.5) is 5.95 Å². The molecule has 0 bridgehead atoms. The monoisotopic (exact) mass is 246 g/mol. The van der Waals surface area contributed by atoms with Crippen molar-refractivity contribution in [3.05, 3.63) is 17.5 Å². The van der Waals surface area contributed by atoms with Crippen LogP contribution in [0.5, 0.6) is 0 Å². The van der Waals surface area contributed by atoms with Crippen molar-refractivity contribution in [3.63, 3.8) is 0 Å². The van der Waals surface area contributed by atoms with Crippen molar-refractivity contribution in [1.82, 2.24) is 9.97 Å². The van der Waals surface area contributed by atoms with Gasteiger partial charge in [0.25, 0.3) is 0 Å². The van der Waals surface area contributed by atoms with Gasteiger partial charge in [0.05, 0.1) is 0 Å². The van der Waals surface area contributed by atoms with Gasteiger partial charge in [-0.2, -0.15) is 5.26 Å². The lowest BCUT2D eigenvalue weighted by atomic mass is 9.94. The molecule has 1 aliphatic rings. The summed E-state index contributed by atoms with van der Waals surface area (Å²) in [7, 11) is 0. The number of aliphatic hydroxyl groups excluding tert-OH is 1. The Hall–Kier alpha value is -1.67. The highest BCUT2D eigenvalue weighted by molar-refractivity contribution is 5.36. The highest BCUT2D eigenvalue weighted by Gasteiger charge is 2.33. The van der Waals surface area contributed by atoms with E-state index < -0.39 is 0 Å². The Balaban J connectivity index is 2.21. The molecule has 1 aromatic heterocycles. The lowest BCUT2D eigenvalue weighted by Gasteiger charge is -2.29. The molecular weight excluding hydrogens is 228 g/mol. The predicted octanol–water partition coefficient (Wildman–Crippen LogP) is 1.76. The molecule has 0 aliphatic heterocycles. The molecular formula is C13H18N4O. The van der Waals surface area contributed by atoms with Crippen LogP contribution in [0, 0.1) is 18.3 Å². The van der Waals surface area contributed by atoms with Gasteiger partial charge in [-0.05, 0) is 32.3 Å². The summed E-state index contributed by atoms with van der Waals surface area (Å²) in [6.45, 7) is 2.00. The molecule has 2 rings (SSSR count). The van der Waals surface area contributed by atoms with E-state index in [1.165, 1.54) is 0 Å². The molecule has 0 spiro atoms. The first-order chi connectivity index (χ1) is 8.67. The highest BCUT2D eigenvalue weighted by Crippen LogP contribution is 2.34. The molecule has 0 unspecified atom stereocenters. The van der Waals surface area contributed by atoms with Crippen molar-refractivity contribution in [3.8, 4) is 6.07 Å². The second-order valence-corrected chi connectivity index (χ2v) is 4.92. The Bertz CT molecular complexity index is 461. The van der Waals surface area contributed by atoms with E-state index >= 15 is 0 Å². The number of aromatic nitrogens is 2. The first kappa shape index (κ1) is 12.8. The number of nitrogens with one attached hydrogen (secondary N) is 1. The highest BCUT2D eigenvalue weighted by atomic mass is 16.3. The normalized spacial score (nSPS) is 17.4. The van der Waals surface area contributed by atoms with Gasteiger partial charge in [0, 0.05) is 17.8 Å². The van der Waals surface area contributed by atoms with E-state index in [1.54, 1.807) is 6.07 Å². The number of anilines is 1. The van der Waals surface area contributed by atoms with Crippen molar-refractivity contribution < 1.29 is 5.11 Å². The standard InChI is InChI=1S/C13H18N4O/c1-10-8-11(9-14)16-12(15-10)17-13(6-7-18)4-2-3-5-13/h8,18H,2-7H2,1H3,(H,15,16,17). The van der Waals surface area contributed by atoms with Crippen LogP contribution in [0.3, 0.4) is 0 Å². The number of nitrogens with zero attached hydrogens (tertiary/aromatic N) is 3. The third-order valence-electron chi connectivity index (χ3n) is 3.50. The third kappa shape index (κ3) is 2.77. The lowest BCUT2D eigenvalue weighted by molar-refractivity contribution is 0.248. The van der Waals surface area contributed by atoms with E-state index in [0.29, 0.717) is 18.1 Å². The van der Waals surface area contributed by atoms with Crippen LogP contribution in [-0.4, -0.2) is 27.2 Å². The van der Waals surface area contributed by atoms with Gasteiger partial charge in [-0.3, -0.25) is 0 Å². The fourth-order valence-electron chi connectivity index (χ4n) is 2.62. The molecule has 18 heavy (non-hydrogen) atoms. The molecule has 1 aliphatic carbocycles. The maximum Gasteiger partial charge on any atom is 0.224 e. The van der Waals surface area contributed by atoms with Gasteiger partial charge in [0.15, 0.2) is 0 Å². The van der Waals surface area contributed by atoms with Crippen molar-refractivity contribution in [1.29, 1.82) is 5.26 Å². The predicted molar refractivity (Wildman–Crippen MR) is 68.0 cm³/mol. The molecule has 0 radical (unpaired) electrons. The van der Waals surface area contributed by atoms with Gasteiger partial charge in [-0.15, -0.1) is 0 Å². The Morgan fingerprint density at radius 2 is 2.17 bits per heavy atom. The van der Waals surface area contributed by atoms with Crippen LogP contribution in [0.1, 0.15) is 43.5 Å². The van der Waals surface area contributed by atoms with E-state index in [4.69, 9.17) is 5.26 Å². The molecule has 1 heterocycles.